The van der Waals surface area contributed by atoms with Crippen LogP contribution in [0, 0.1) is 0 Å². The van der Waals surface area contributed by atoms with E-state index in [1.54, 1.807) is 12.1 Å². The van der Waals surface area contributed by atoms with Crippen LogP contribution in [0.3, 0.4) is 0 Å². The molecule has 0 unspecified atom stereocenters. The van der Waals surface area contributed by atoms with Gasteiger partial charge in [0.25, 0.3) is 5.91 Å². The monoisotopic (exact) mass is 322 g/mol. The highest BCUT2D eigenvalue weighted by Crippen LogP contribution is 2.39. The Hall–Kier alpha value is -2.34. The highest BCUT2D eigenvalue weighted by Gasteiger charge is 2.14. The lowest BCUT2D eigenvalue weighted by molar-refractivity contribution is 0.102. The first kappa shape index (κ1) is 16.0. The van der Waals surface area contributed by atoms with Gasteiger partial charge in [-0.15, -0.1) is 0 Å². The summed E-state index contributed by atoms with van der Waals surface area (Å²) in [5, 5.41) is 11.9. The van der Waals surface area contributed by atoms with Gasteiger partial charge < -0.3 is 25.9 Å². The third-order valence-electron chi connectivity index (χ3n) is 2.89. The SMILES string of the molecule is Nc1cc(C(=O)Nc2ccc(CP(=O)(O)O)cc2)ccc1O. The number of benzene rings is 2. The first-order chi connectivity index (χ1) is 10.2. The van der Waals surface area contributed by atoms with Crippen LogP contribution in [0.15, 0.2) is 42.5 Å². The summed E-state index contributed by atoms with van der Waals surface area (Å²) in [6.07, 6.45) is -0.351. The van der Waals surface area contributed by atoms with Gasteiger partial charge in [0.2, 0.25) is 0 Å². The standard InChI is InChI=1S/C14H15N2O5P/c15-12-7-10(3-6-13(12)17)14(18)16-11-4-1-9(2-5-11)8-22(19,20)21/h1-7,17H,8,15H2,(H,16,18)(H2,19,20,21). The maximum Gasteiger partial charge on any atom is 0.329 e. The molecule has 0 aliphatic carbocycles. The van der Waals surface area contributed by atoms with Gasteiger partial charge in [0.1, 0.15) is 5.75 Å². The molecule has 116 valence electrons. The Labute approximate surface area is 126 Å². The Morgan fingerprint density at radius 2 is 1.77 bits per heavy atom. The number of aromatic hydroxyl groups is 1. The van der Waals surface area contributed by atoms with Crippen LogP contribution in [-0.4, -0.2) is 20.8 Å². The predicted octanol–water partition coefficient (Wildman–Crippen LogP) is 1.90. The summed E-state index contributed by atoms with van der Waals surface area (Å²) in [6.45, 7) is 0. The minimum Gasteiger partial charge on any atom is -0.506 e. The van der Waals surface area contributed by atoms with Crippen molar-refractivity contribution in [1.29, 1.82) is 0 Å². The summed E-state index contributed by atoms with van der Waals surface area (Å²) in [4.78, 5) is 29.8. The summed E-state index contributed by atoms with van der Waals surface area (Å²) < 4.78 is 10.9. The fourth-order valence-corrected chi connectivity index (χ4v) is 2.52. The number of hydrogen-bond donors (Lipinski definition) is 5. The molecule has 0 aromatic heterocycles. The number of phenols is 1. The minimum absolute atomic E-state index is 0.0988. The number of carbonyl (C=O) groups excluding carboxylic acids is 1. The lowest BCUT2D eigenvalue weighted by Crippen LogP contribution is -2.12. The van der Waals surface area contributed by atoms with E-state index in [9.17, 15) is 14.5 Å². The molecule has 0 bridgehead atoms. The lowest BCUT2D eigenvalue weighted by Gasteiger charge is -2.08. The molecule has 0 saturated heterocycles. The van der Waals surface area contributed by atoms with Crippen molar-refractivity contribution < 1.29 is 24.3 Å². The number of phenolic OH excluding ortho intramolecular Hbond substituents is 1. The van der Waals surface area contributed by atoms with Crippen LogP contribution in [0.1, 0.15) is 15.9 Å². The second-order valence-electron chi connectivity index (χ2n) is 4.75. The average Bonchev–Trinajstić information content (AvgIpc) is 2.42. The van der Waals surface area contributed by atoms with Crippen molar-refractivity contribution in [2.45, 2.75) is 6.16 Å². The van der Waals surface area contributed by atoms with Crippen LogP contribution < -0.4 is 11.1 Å². The fourth-order valence-electron chi connectivity index (χ4n) is 1.83. The van der Waals surface area contributed by atoms with E-state index in [1.165, 1.54) is 30.3 Å². The van der Waals surface area contributed by atoms with E-state index in [1.807, 2.05) is 0 Å². The first-order valence-corrected chi connectivity index (χ1v) is 8.08. The number of rotatable bonds is 4. The zero-order chi connectivity index (χ0) is 16.3. The Morgan fingerprint density at radius 1 is 1.14 bits per heavy atom. The molecular formula is C14H15N2O5P. The third kappa shape index (κ3) is 4.33. The Bertz CT molecular complexity index is 739. The molecule has 1 amide bonds. The normalized spacial score (nSPS) is 11.2. The Kier molecular flexibility index (Phi) is 4.51. The summed E-state index contributed by atoms with van der Waals surface area (Å²) in [5.74, 6) is -0.507. The average molecular weight is 322 g/mol. The third-order valence-corrected chi connectivity index (χ3v) is 3.67. The molecule has 8 heteroatoms. The molecule has 0 aliphatic heterocycles. The molecule has 0 aliphatic rings. The molecule has 22 heavy (non-hydrogen) atoms. The smallest absolute Gasteiger partial charge is 0.329 e. The van der Waals surface area contributed by atoms with E-state index in [0.717, 1.165) is 0 Å². The van der Waals surface area contributed by atoms with Gasteiger partial charge in [-0.25, -0.2) is 0 Å². The summed E-state index contributed by atoms with van der Waals surface area (Å²) in [6, 6.07) is 10.3. The van der Waals surface area contributed by atoms with E-state index < -0.39 is 13.5 Å². The van der Waals surface area contributed by atoms with Crippen LogP contribution in [0.5, 0.6) is 5.75 Å². The molecule has 0 atom stereocenters. The number of anilines is 2. The van der Waals surface area contributed by atoms with Gasteiger partial charge in [-0.3, -0.25) is 9.36 Å². The zero-order valence-corrected chi connectivity index (χ0v) is 12.3. The molecule has 7 nitrogen and oxygen atoms in total. The lowest BCUT2D eigenvalue weighted by atomic mass is 10.1. The summed E-state index contributed by atoms with van der Waals surface area (Å²) in [5.41, 5.74) is 6.87. The largest absolute Gasteiger partial charge is 0.506 e. The Morgan fingerprint density at radius 3 is 2.32 bits per heavy atom. The maximum atomic E-state index is 12.0. The van der Waals surface area contributed by atoms with Crippen LogP contribution in [0.25, 0.3) is 0 Å². The van der Waals surface area contributed by atoms with Crippen LogP contribution in [-0.2, 0) is 10.7 Å². The van der Waals surface area contributed by atoms with Crippen molar-refractivity contribution >= 4 is 24.9 Å². The van der Waals surface area contributed by atoms with Gasteiger partial charge in [0.05, 0.1) is 11.8 Å². The topological polar surface area (TPSA) is 133 Å². The van der Waals surface area contributed by atoms with Crippen molar-refractivity contribution in [1.82, 2.24) is 0 Å². The number of nitrogens with two attached hydrogens (primary N) is 1. The zero-order valence-electron chi connectivity index (χ0n) is 11.4. The van der Waals surface area contributed by atoms with Crippen molar-refractivity contribution in [3.8, 4) is 5.75 Å². The molecule has 0 saturated carbocycles. The van der Waals surface area contributed by atoms with Gasteiger partial charge in [-0.1, -0.05) is 12.1 Å². The summed E-state index contributed by atoms with van der Waals surface area (Å²) >= 11 is 0. The predicted molar refractivity (Wildman–Crippen MR) is 82.7 cm³/mol. The number of nitrogen functional groups attached to an aromatic ring is 1. The van der Waals surface area contributed by atoms with E-state index in [-0.39, 0.29) is 23.2 Å². The second-order valence-corrected chi connectivity index (χ2v) is 6.39. The van der Waals surface area contributed by atoms with Gasteiger partial charge >= 0.3 is 7.60 Å². The molecule has 0 spiro atoms. The van der Waals surface area contributed by atoms with Crippen molar-refractivity contribution in [3.05, 3.63) is 53.6 Å². The van der Waals surface area contributed by atoms with E-state index in [4.69, 9.17) is 15.5 Å². The number of nitrogens with one attached hydrogen (secondary N) is 1. The fraction of sp³-hybridized carbons (Fsp3) is 0.0714. The molecule has 0 heterocycles. The van der Waals surface area contributed by atoms with Gasteiger partial charge in [-0.05, 0) is 35.9 Å². The molecule has 2 aromatic carbocycles. The number of carbonyl (C=O) groups is 1. The molecule has 0 radical (unpaired) electrons. The first-order valence-electron chi connectivity index (χ1n) is 6.28. The van der Waals surface area contributed by atoms with E-state index in [0.29, 0.717) is 11.3 Å². The molecule has 6 N–H and O–H groups in total. The van der Waals surface area contributed by atoms with Crippen LogP contribution in [0.2, 0.25) is 0 Å². The summed E-state index contributed by atoms with van der Waals surface area (Å²) in [7, 11) is -4.11. The Balaban J connectivity index is 2.08. The van der Waals surface area contributed by atoms with Crippen LogP contribution >= 0.6 is 7.60 Å². The molecule has 2 aromatic rings. The molecule has 2 rings (SSSR count). The number of amides is 1. The van der Waals surface area contributed by atoms with E-state index in [2.05, 4.69) is 5.32 Å². The van der Waals surface area contributed by atoms with Crippen LogP contribution in [0.4, 0.5) is 11.4 Å². The van der Waals surface area contributed by atoms with Crippen molar-refractivity contribution in [2.75, 3.05) is 11.1 Å². The number of hydrogen-bond acceptors (Lipinski definition) is 4. The highest BCUT2D eigenvalue weighted by molar-refractivity contribution is 7.50. The quantitative estimate of drug-likeness (QED) is 0.332. The minimum atomic E-state index is -4.11. The maximum absolute atomic E-state index is 12.0. The molecule has 0 fully saturated rings. The van der Waals surface area contributed by atoms with Gasteiger partial charge in [0.15, 0.2) is 0 Å². The molecular weight excluding hydrogens is 307 g/mol. The second kappa shape index (κ2) is 6.19. The van der Waals surface area contributed by atoms with E-state index >= 15 is 0 Å². The highest BCUT2D eigenvalue weighted by atomic mass is 31.2. The van der Waals surface area contributed by atoms with Gasteiger partial charge in [-0.2, -0.15) is 0 Å². The van der Waals surface area contributed by atoms with Gasteiger partial charge in [0, 0.05) is 11.3 Å². The van der Waals surface area contributed by atoms with Crippen molar-refractivity contribution in [2.24, 2.45) is 0 Å². The van der Waals surface area contributed by atoms with Crippen molar-refractivity contribution in [3.63, 3.8) is 0 Å².